The van der Waals surface area contributed by atoms with Gasteiger partial charge in [-0.15, -0.1) is 0 Å². The second kappa shape index (κ2) is 13.9. The van der Waals surface area contributed by atoms with Gasteiger partial charge in [-0.3, -0.25) is 4.99 Å². The maximum absolute atomic E-state index is 9.69. The van der Waals surface area contributed by atoms with Crippen LogP contribution in [0.1, 0.15) is 48.4 Å². The van der Waals surface area contributed by atoms with E-state index in [1.807, 2.05) is 42.5 Å². The summed E-state index contributed by atoms with van der Waals surface area (Å²) in [7, 11) is 0. The summed E-state index contributed by atoms with van der Waals surface area (Å²) in [4.78, 5) is 5.32. The summed E-state index contributed by atoms with van der Waals surface area (Å²) in [6.07, 6.45) is 2.95. The fraction of sp³-hybridized carbons (Fsp3) is 0.0800. The first-order valence-corrected chi connectivity index (χ1v) is 18.5. The maximum atomic E-state index is 9.69. The van der Waals surface area contributed by atoms with E-state index in [0.717, 1.165) is 73.0 Å². The largest absolute Gasteiger partial charge is 0.454 e. The molecule has 4 heteroatoms. The van der Waals surface area contributed by atoms with E-state index in [9.17, 15) is 5.26 Å². The van der Waals surface area contributed by atoms with Crippen molar-refractivity contribution in [2.24, 2.45) is 4.99 Å². The molecule has 0 radical (unpaired) electrons. The van der Waals surface area contributed by atoms with E-state index >= 15 is 0 Å². The van der Waals surface area contributed by atoms with Gasteiger partial charge < -0.3 is 8.98 Å². The van der Waals surface area contributed by atoms with Crippen LogP contribution in [0.3, 0.4) is 0 Å². The van der Waals surface area contributed by atoms with E-state index in [0.29, 0.717) is 5.56 Å². The van der Waals surface area contributed by atoms with Gasteiger partial charge in [-0.1, -0.05) is 135 Å². The van der Waals surface area contributed by atoms with Crippen molar-refractivity contribution in [1.82, 2.24) is 4.57 Å². The van der Waals surface area contributed by atoms with Crippen LogP contribution in [-0.2, 0) is 0 Å². The van der Waals surface area contributed by atoms with Crippen LogP contribution < -0.4 is 0 Å². The van der Waals surface area contributed by atoms with Gasteiger partial charge in [0.2, 0.25) is 0 Å². The van der Waals surface area contributed by atoms with Crippen LogP contribution >= 0.6 is 0 Å². The summed E-state index contributed by atoms with van der Waals surface area (Å²) >= 11 is 0. The Bertz CT molecular complexity index is 2920. The first-order valence-electron chi connectivity index (χ1n) is 18.5. The SMILES string of the molecule is CCC(=N/C(=C\C(C)c1ccccc1)c1cccc(C#N)c1)c1ccc(-n2c3ccc(-c4ccccc4)cc3c3ccc4c5ccccc5oc4c32)cc1. The average Bonchev–Trinajstić information content (AvgIpc) is 3.79. The zero-order chi connectivity index (χ0) is 36.6. The van der Waals surface area contributed by atoms with Gasteiger partial charge in [0.1, 0.15) is 5.58 Å². The fourth-order valence-corrected chi connectivity index (χ4v) is 7.69. The number of hydrogen-bond acceptors (Lipinski definition) is 3. The third-order valence-electron chi connectivity index (χ3n) is 10.4. The molecule has 258 valence electrons. The van der Waals surface area contributed by atoms with Crippen LogP contribution in [0.25, 0.3) is 66.3 Å². The topological polar surface area (TPSA) is 54.2 Å². The number of aromatic nitrogens is 1. The Morgan fingerprint density at radius 2 is 1.43 bits per heavy atom. The van der Waals surface area contributed by atoms with Crippen LogP contribution in [0.2, 0.25) is 0 Å². The number of rotatable bonds is 8. The van der Waals surface area contributed by atoms with Crippen LogP contribution in [0.4, 0.5) is 0 Å². The number of fused-ring (bicyclic) bond motifs is 7. The van der Waals surface area contributed by atoms with Crippen LogP contribution in [-0.4, -0.2) is 10.3 Å². The lowest BCUT2D eigenvalue weighted by Gasteiger charge is -2.13. The van der Waals surface area contributed by atoms with Crippen molar-refractivity contribution in [2.45, 2.75) is 26.2 Å². The second-order valence-electron chi connectivity index (χ2n) is 13.8. The Kier molecular flexibility index (Phi) is 8.46. The molecule has 0 fully saturated rings. The molecule has 9 rings (SSSR count). The molecule has 7 aromatic carbocycles. The van der Waals surface area contributed by atoms with Gasteiger partial charge in [-0.25, -0.2) is 0 Å². The third-order valence-corrected chi connectivity index (χ3v) is 10.4. The monoisotopic (exact) mass is 695 g/mol. The molecule has 0 bridgehead atoms. The van der Waals surface area contributed by atoms with E-state index in [2.05, 4.69) is 152 Å². The highest BCUT2D eigenvalue weighted by molar-refractivity contribution is 6.22. The van der Waals surface area contributed by atoms with Crippen molar-refractivity contribution < 1.29 is 4.42 Å². The molecule has 0 saturated heterocycles. The molecule has 0 saturated carbocycles. The van der Waals surface area contributed by atoms with E-state index in [1.54, 1.807) is 0 Å². The predicted molar refractivity (Wildman–Crippen MR) is 224 cm³/mol. The van der Waals surface area contributed by atoms with Gasteiger partial charge in [0.15, 0.2) is 5.58 Å². The number of nitrogens with zero attached hydrogens (tertiary/aromatic N) is 3. The van der Waals surface area contributed by atoms with Gasteiger partial charge in [0.25, 0.3) is 0 Å². The first-order chi connectivity index (χ1) is 26.6. The number of hydrogen-bond donors (Lipinski definition) is 0. The van der Waals surface area contributed by atoms with Gasteiger partial charge in [0.05, 0.1) is 28.4 Å². The minimum absolute atomic E-state index is 0.129. The molecular formula is C50H37N3O. The van der Waals surface area contributed by atoms with Crippen molar-refractivity contribution in [1.29, 1.82) is 5.26 Å². The number of furan rings is 1. The zero-order valence-electron chi connectivity index (χ0n) is 30.2. The summed E-state index contributed by atoms with van der Waals surface area (Å²) in [5.74, 6) is 0.129. The summed E-state index contributed by atoms with van der Waals surface area (Å²) in [5.41, 5.74) is 13.0. The van der Waals surface area contributed by atoms with Crippen molar-refractivity contribution in [3.8, 4) is 22.9 Å². The van der Waals surface area contributed by atoms with Crippen molar-refractivity contribution >= 4 is 55.2 Å². The summed E-state index contributed by atoms with van der Waals surface area (Å²) < 4.78 is 9.00. The lowest BCUT2D eigenvalue weighted by Crippen LogP contribution is -2.02. The van der Waals surface area contributed by atoms with Crippen molar-refractivity contribution in [2.75, 3.05) is 0 Å². The third kappa shape index (κ3) is 5.87. The summed E-state index contributed by atoms with van der Waals surface area (Å²) in [6, 6.07) is 59.2. The quantitative estimate of drug-likeness (QED) is 0.149. The zero-order valence-corrected chi connectivity index (χ0v) is 30.2. The molecule has 0 spiro atoms. The lowest BCUT2D eigenvalue weighted by atomic mass is 9.97. The second-order valence-corrected chi connectivity index (χ2v) is 13.8. The Labute approximate surface area is 314 Å². The molecule has 54 heavy (non-hydrogen) atoms. The van der Waals surface area contributed by atoms with Gasteiger partial charge >= 0.3 is 0 Å². The standard InChI is InChI=1S/C50H37N3O/c1-3-45(52-46(39-18-12-13-34(30-39)32-51)29-33(2)35-14-6-4-7-15-35)37-21-24-40(25-22-37)53-47-28-23-38(36-16-8-5-9-17-36)31-44(47)42-26-27-43-41-19-10-11-20-48(41)54-50(43)49(42)53/h4-31,33H,3H2,1-2H3/b46-29-,52-45?. The van der Waals surface area contributed by atoms with Crippen LogP contribution in [0, 0.1) is 11.3 Å². The highest BCUT2D eigenvalue weighted by atomic mass is 16.3. The Morgan fingerprint density at radius 1 is 0.685 bits per heavy atom. The number of aliphatic imine (C=N–C) groups is 1. The Hall–Kier alpha value is -6.96. The van der Waals surface area contributed by atoms with E-state index in [1.165, 1.54) is 22.1 Å². The normalized spacial score (nSPS) is 12.8. The Morgan fingerprint density at radius 3 is 2.20 bits per heavy atom. The van der Waals surface area contributed by atoms with E-state index in [4.69, 9.17) is 9.41 Å². The number of allylic oxidation sites excluding steroid dienone is 1. The van der Waals surface area contributed by atoms with E-state index in [-0.39, 0.29) is 5.92 Å². The number of benzene rings is 7. The molecule has 0 aliphatic carbocycles. The number of para-hydroxylation sites is 1. The Balaban J connectivity index is 1.19. The average molecular weight is 696 g/mol. The van der Waals surface area contributed by atoms with Crippen molar-refractivity contribution in [3.63, 3.8) is 0 Å². The minimum Gasteiger partial charge on any atom is -0.454 e. The lowest BCUT2D eigenvalue weighted by molar-refractivity contribution is 0.671. The molecule has 0 aliphatic rings. The summed E-state index contributed by atoms with van der Waals surface area (Å²) in [6.45, 7) is 4.33. The molecule has 0 amide bonds. The van der Waals surface area contributed by atoms with Gasteiger partial charge in [0, 0.05) is 44.4 Å². The molecular weight excluding hydrogens is 659 g/mol. The summed E-state index contributed by atoms with van der Waals surface area (Å²) in [5, 5.41) is 14.2. The first kappa shape index (κ1) is 32.9. The molecule has 9 aromatic rings. The van der Waals surface area contributed by atoms with E-state index < -0.39 is 0 Å². The molecule has 1 unspecified atom stereocenters. The minimum atomic E-state index is 0.129. The molecule has 2 heterocycles. The highest BCUT2D eigenvalue weighted by Crippen LogP contribution is 2.41. The predicted octanol–water partition coefficient (Wildman–Crippen LogP) is 13.3. The number of nitriles is 1. The highest BCUT2D eigenvalue weighted by Gasteiger charge is 2.20. The molecule has 0 aliphatic heterocycles. The fourth-order valence-electron chi connectivity index (χ4n) is 7.69. The maximum Gasteiger partial charge on any atom is 0.160 e. The molecule has 4 nitrogen and oxygen atoms in total. The van der Waals surface area contributed by atoms with Gasteiger partial charge in [-0.2, -0.15) is 5.26 Å². The van der Waals surface area contributed by atoms with Crippen molar-refractivity contribution in [3.05, 3.63) is 192 Å². The molecule has 2 aromatic heterocycles. The molecule has 0 N–H and O–H groups in total. The van der Waals surface area contributed by atoms with Gasteiger partial charge in [-0.05, 0) is 77.2 Å². The van der Waals surface area contributed by atoms with Crippen LogP contribution in [0.5, 0.6) is 0 Å². The molecule has 1 atom stereocenters. The smallest absolute Gasteiger partial charge is 0.160 e. The van der Waals surface area contributed by atoms with Crippen LogP contribution in [0.15, 0.2) is 179 Å².